The van der Waals surface area contributed by atoms with Crippen LogP contribution in [0.4, 0.5) is 0 Å². The van der Waals surface area contributed by atoms with Crippen LogP contribution in [0.25, 0.3) is 0 Å². The molecule has 0 saturated carbocycles. The summed E-state index contributed by atoms with van der Waals surface area (Å²) in [7, 11) is 0. The molecule has 1 aliphatic heterocycles. The van der Waals surface area contributed by atoms with E-state index in [4.69, 9.17) is 0 Å². The quantitative estimate of drug-likeness (QED) is 0.814. The van der Waals surface area contributed by atoms with Gasteiger partial charge in [-0.3, -0.25) is 4.90 Å². The van der Waals surface area contributed by atoms with E-state index in [-0.39, 0.29) is 5.54 Å². The van der Waals surface area contributed by atoms with Crippen molar-refractivity contribution < 1.29 is 0 Å². The summed E-state index contributed by atoms with van der Waals surface area (Å²) < 4.78 is 0. The Morgan fingerprint density at radius 1 is 1.05 bits per heavy atom. The van der Waals surface area contributed by atoms with Gasteiger partial charge in [-0.1, -0.05) is 27.7 Å². The predicted octanol–water partition coefficient (Wildman–Crippen LogP) is 4.16. The summed E-state index contributed by atoms with van der Waals surface area (Å²) in [6, 6.07) is 0.681. The molecule has 1 rings (SSSR count). The lowest BCUT2D eigenvalue weighted by atomic mass is 9.89. The molecule has 2 unspecified atom stereocenters. The van der Waals surface area contributed by atoms with Crippen LogP contribution < -0.4 is 5.32 Å². The van der Waals surface area contributed by atoms with E-state index < -0.39 is 0 Å². The molecule has 0 aromatic heterocycles. The second kappa shape index (κ2) is 7.79. The summed E-state index contributed by atoms with van der Waals surface area (Å²) in [6.07, 6.45) is 4.18. The minimum absolute atomic E-state index is 0.222. The molecule has 1 N–H and O–H groups in total. The third-order valence-corrected chi connectivity index (χ3v) is 4.83. The van der Waals surface area contributed by atoms with Crippen LogP contribution in [-0.2, 0) is 0 Å². The number of hydrogen-bond donors (Lipinski definition) is 1. The smallest absolute Gasteiger partial charge is 0.0243 e. The molecule has 0 bridgehead atoms. The van der Waals surface area contributed by atoms with Crippen molar-refractivity contribution in [1.29, 1.82) is 0 Å². The van der Waals surface area contributed by atoms with Gasteiger partial charge in [-0.25, -0.2) is 0 Å². The lowest BCUT2D eigenvalue weighted by molar-refractivity contribution is 0.146. The zero-order chi connectivity index (χ0) is 15.3. The molecule has 1 fully saturated rings. The normalized spacial score (nSPS) is 24.1. The molecule has 20 heavy (non-hydrogen) atoms. The van der Waals surface area contributed by atoms with E-state index in [2.05, 4.69) is 58.7 Å². The highest BCUT2D eigenvalue weighted by Crippen LogP contribution is 2.26. The minimum Gasteiger partial charge on any atom is -0.311 e. The minimum atomic E-state index is 0.222. The molecule has 2 nitrogen and oxygen atoms in total. The largest absolute Gasteiger partial charge is 0.311 e. The Hall–Kier alpha value is -0.0800. The fourth-order valence-electron chi connectivity index (χ4n) is 3.34. The van der Waals surface area contributed by atoms with Crippen molar-refractivity contribution in [2.75, 3.05) is 19.6 Å². The van der Waals surface area contributed by atoms with Crippen LogP contribution in [0.3, 0.4) is 0 Å². The fourth-order valence-corrected chi connectivity index (χ4v) is 3.34. The predicted molar refractivity (Wildman–Crippen MR) is 90.1 cm³/mol. The van der Waals surface area contributed by atoms with Gasteiger partial charge in [-0.2, -0.15) is 0 Å². The summed E-state index contributed by atoms with van der Waals surface area (Å²) in [4.78, 5) is 2.76. The zero-order valence-electron chi connectivity index (χ0n) is 15.0. The van der Waals surface area contributed by atoms with Gasteiger partial charge in [-0.05, 0) is 70.9 Å². The van der Waals surface area contributed by atoms with Crippen molar-refractivity contribution in [2.24, 2.45) is 17.8 Å². The third-order valence-electron chi connectivity index (χ3n) is 4.83. The van der Waals surface area contributed by atoms with Crippen LogP contribution in [0.2, 0.25) is 0 Å². The summed E-state index contributed by atoms with van der Waals surface area (Å²) in [5, 5.41) is 3.71. The molecule has 0 amide bonds. The van der Waals surface area contributed by atoms with Crippen LogP contribution in [0, 0.1) is 17.8 Å². The maximum absolute atomic E-state index is 3.71. The van der Waals surface area contributed by atoms with Crippen molar-refractivity contribution in [2.45, 2.75) is 79.3 Å². The number of nitrogens with one attached hydrogen (secondary N) is 1. The van der Waals surface area contributed by atoms with Gasteiger partial charge in [0, 0.05) is 18.1 Å². The van der Waals surface area contributed by atoms with E-state index in [1.165, 1.54) is 32.4 Å². The average Bonchev–Trinajstić information content (AvgIpc) is 2.53. The molecule has 2 atom stereocenters. The second-order valence-electron chi connectivity index (χ2n) is 8.41. The number of likely N-dealkylation sites (tertiary alicyclic amines) is 1. The Morgan fingerprint density at radius 3 is 2.20 bits per heavy atom. The summed E-state index contributed by atoms with van der Waals surface area (Å²) >= 11 is 0. The lowest BCUT2D eigenvalue weighted by Crippen LogP contribution is -2.50. The first-order valence-electron chi connectivity index (χ1n) is 8.70. The first kappa shape index (κ1) is 18.0. The van der Waals surface area contributed by atoms with Gasteiger partial charge in [0.25, 0.3) is 0 Å². The molecule has 0 aromatic rings. The van der Waals surface area contributed by atoms with Crippen molar-refractivity contribution in [3.63, 3.8) is 0 Å². The van der Waals surface area contributed by atoms with Crippen molar-refractivity contribution in [3.05, 3.63) is 0 Å². The molecular formula is C18H38N2. The Bertz CT molecular complexity index is 265. The number of nitrogens with zero attached hydrogens (tertiary/aromatic N) is 1. The molecular weight excluding hydrogens is 244 g/mol. The standard InChI is InChI=1S/C18H38N2/c1-14(2)16-9-8-11-20(12-10-16)17(15(3)4)13-19-18(5,6)7/h14-17,19H,8-13H2,1-7H3. The average molecular weight is 283 g/mol. The highest BCUT2D eigenvalue weighted by Gasteiger charge is 2.27. The van der Waals surface area contributed by atoms with Gasteiger partial charge in [0.15, 0.2) is 0 Å². The van der Waals surface area contributed by atoms with Crippen molar-refractivity contribution in [1.82, 2.24) is 10.2 Å². The highest BCUT2D eigenvalue weighted by atomic mass is 15.2. The maximum atomic E-state index is 3.71. The fraction of sp³-hybridized carbons (Fsp3) is 1.00. The van der Waals surface area contributed by atoms with E-state index in [0.29, 0.717) is 6.04 Å². The van der Waals surface area contributed by atoms with E-state index in [1.54, 1.807) is 0 Å². The summed E-state index contributed by atoms with van der Waals surface area (Å²) in [6.45, 7) is 20.0. The zero-order valence-corrected chi connectivity index (χ0v) is 15.0. The van der Waals surface area contributed by atoms with Crippen LogP contribution in [0.5, 0.6) is 0 Å². The maximum Gasteiger partial charge on any atom is 0.0243 e. The van der Waals surface area contributed by atoms with Gasteiger partial charge in [0.05, 0.1) is 0 Å². The van der Waals surface area contributed by atoms with Crippen LogP contribution in [0.15, 0.2) is 0 Å². The van der Waals surface area contributed by atoms with Crippen molar-refractivity contribution >= 4 is 0 Å². The number of rotatable bonds is 5. The molecule has 0 spiro atoms. The Kier molecular flexibility index (Phi) is 7.00. The second-order valence-corrected chi connectivity index (χ2v) is 8.41. The molecule has 1 saturated heterocycles. The molecule has 120 valence electrons. The molecule has 0 aromatic carbocycles. The number of hydrogen-bond acceptors (Lipinski definition) is 2. The van der Waals surface area contributed by atoms with Crippen LogP contribution in [-0.4, -0.2) is 36.1 Å². The van der Waals surface area contributed by atoms with Gasteiger partial charge in [0.1, 0.15) is 0 Å². The molecule has 0 aliphatic carbocycles. The topological polar surface area (TPSA) is 15.3 Å². The van der Waals surface area contributed by atoms with Gasteiger partial charge in [-0.15, -0.1) is 0 Å². The van der Waals surface area contributed by atoms with Crippen molar-refractivity contribution in [3.8, 4) is 0 Å². The molecule has 1 aliphatic rings. The summed E-state index contributed by atoms with van der Waals surface area (Å²) in [5.41, 5.74) is 0.222. The first-order valence-corrected chi connectivity index (χ1v) is 8.70. The van der Waals surface area contributed by atoms with E-state index >= 15 is 0 Å². The van der Waals surface area contributed by atoms with Crippen LogP contribution >= 0.6 is 0 Å². The van der Waals surface area contributed by atoms with Gasteiger partial charge < -0.3 is 5.32 Å². The SMILES string of the molecule is CC(C)C1CCCN(C(CNC(C)(C)C)C(C)C)CC1. The highest BCUT2D eigenvalue weighted by molar-refractivity contribution is 4.83. The van der Waals surface area contributed by atoms with E-state index in [0.717, 1.165) is 24.3 Å². The Morgan fingerprint density at radius 2 is 1.70 bits per heavy atom. The monoisotopic (exact) mass is 282 g/mol. The van der Waals surface area contributed by atoms with Gasteiger partial charge in [0.2, 0.25) is 0 Å². The molecule has 2 heteroatoms. The molecule has 1 heterocycles. The lowest BCUT2D eigenvalue weighted by Gasteiger charge is -2.36. The first-order chi connectivity index (χ1) is 9.20. The Labute approximate surface area is 127 Å². The molecule has 0 radical (unpaired) electrons. The van der Waals surface area contributed by atoms with Crippen LogP contribution in [0.1, 0.15) is 67.7 Å². The Balaban J connectivity index is 2.58. The summed E-state index contributed by atoms with van der Waals surface area (Å²) in [5.74, 6) is 2.50. The third kappa shape index (κ3) is 6.13. The van der Waals surface area contributed by atoms with E-state index in [1.807, 2.05) is 0 Å². The van der Waals surface area contributed by atoms with E-state index in [9.17, 15) is 0 Å². The van der Waals surface area contributed by atoms with Gasteiger partial charge >= 0.3 is 0 Å².